The summed E-state index contributed by atoms with van der Waals surface area (Å²) in [7, 11) is -2.61. The van der Waals surface area contributed by atoms with Gasteiger partial charge in [0.25, 0.3) is 8.32 Å². The summed E-state index contributed by atoms with van der Waals surface area (Å²) in [6.07, 6.45) is 1.97. The van der Waals surface area contributed by atoms with Gasteiger partial charge in [-0.05, 0) is 27.4 Å². The van der Waals surface area contributed by atoms with Gasteiger partial charge in [-0.1, -0.05) is 112 Å². The monoisotopic (exact) mass is 414 g/mol. The molecule has 1 fully saturated rings. The Kier molecular flexibility index (Phi) is 5.52. The second kappa shape index (κ2) is 7.97. The molecule has 1 aliphatic rings. The maximum absolute atomic E-state index is 11.8. The van der Waals surface area contributed by atoms with Gasteiger partial charge in [-0.2, -0.15) is 0 Å². The summed E-state index contributed by atoms with van der Waals surface area (Å²) in [5.74, 6) is 0.0260. The highest BCUT2D eigenvalue weighted by atomic mass is 28.4. The third-order valence-corrected chi connectivity index (χ3v) is 11.6. The molecule has 0 unspecified atom stereocenters. The third kappa shape index (κ3) is 3.46. The van der Waals surface area contributed by atoms with Crippen LogP contribution in [0.2, 0.25) is 5.04 Å². The lowest BCUT2D eigenvalue weighted by molar-refractivity contribution is -0.109. The molecule has 1 saturated carbocycles. The number of rotatable bonds is 7. The summed E-state index contributed by atoms with van der Waals surface area (Å²) >= 11 is 0. The predicted octanol–water partition coefficient (Wildman–Crippen LogP) is 4.72. The zero-order valence-corrected chi connectivity index (χ0v) is 19.0. The highest BCUT2D eigenvalue weighted by molar-refractivity contribution is 6.99. The van der Waals surface area contributed by atoms with Gasteiger partial charge >= 0.3 is 0 Å². The molecule has 0 heterocycles. The fourth-order valence-corrected chi connectivity index (χ4v) is 9.49. The van der Waals surface area contributed by atoms with Crippen molar-refractivity contribution in [3.05, 3.63) is 96.6 Å². The van der Waals surface area contributed by atoms with Gasteiger partial charge in [-0.3, -0.25) is 0 Å². The molecule has 3 aromatic rings. The molecule has 2 atom stereocenters. The van der Waals surface area contributed by atoms with Crippen molar-refractivity contribution in [3.8, 4) is 0 Å². The summed E-state index contributed by atoms with van der Waals surface area (Å²) in [5.41, 5.74) is 0.996. The van der Waals surface area contributed by atoms with E-state index in [4.69, 9.17) is 4.43 Å². The molecule has 0 radical (unpaired) electrons. The number of hydrogen-bond acceptors (Lipinski definition) is 2. The molecule has 0 N–H and O–H groups in total. The molecule has 1 aliphatic carbocycles. The smallest absolute Gasteiger partial charge is 0.261 e. The molecule has 30 heavy (non-hydrogen) atoms. The molecule has 154 valence electrons. The molecule has 0 spiro atoms. The minimum atomic E-state index is -2.61. The lowest BCUT2D eigenvalue weighted by Gasteiger charge is -2.44. The van der Waals surface area contributed by atoms with Crippen molar-refractivity contribution >= 4 is 25.0 Å². The SMILES string of the molecule is CC(C)(C)[Si](OC[C@@]1(c2ccccc2)C[C@H]1C=O)(c1ccccc1)c1ccccc1. The molecule has 0 aromatic heterocycles. The molecule has 0 saturated heterocycles. The van der Waals surface area contributed by atoms with Crippen molar-refractivity contribution in [1.82, 2.24) is 0 Å². The molecule has 3 heteroatoms. The van der Waals surface area contributed by atoms with E-state index in [9.17, 15) is 4.79 Å². The van der Waals surface area contributed by atoms with Crippen LogP contribution in [0.5, 0.6) is 0 Å². The second-order valence-corrected chi connectivity index (χ2v) is 13.7. The summed E-state index contributed by atoms with van der Waals surface area (Å²) in [6.45, 7) is 7.43. The fraction of sp³-hybridized carbons (Fsp3) is 0.296. The summed E-state index contributed by atoms with van der Waals surface area (Å²) in [4.78, 5) is 11.8. The second-order valence-electron chi connectivity index (χ2n) is 9.42. The number of benzene rings is 3. The first kappa shape index (κ1) is 20.8. The average Bonchev–Trinajstić information content (AvgIpc) is 3.50. The van der Waals surface area contributed by atoms with Crippen LogP contribution in [0.15, 0.2) is 91.0 Å². The predicted molar refractivity (Wildman–Crippen MR) is 126 cm³/mol. The van der Waals surface area contributed by atoms with Crippen LogP contribution >= 0.6 is 0 Å². The first-order chi connectivity index (χ1) is 14.4. The molecule has 0 aliphatic heterocycles. The van der Waals surface area contributed by atoms with Crippen molar-refractivity contribution in [2.75, 3.05) is 6.61 Å². The number of aldehydes is 1. The van der Waals surface area contributed by atoms with Crippen LogP contribution < -0.4 is 10.4 Å². The van der Waals surface area contributed by atoms with Crippen molar-refractivity contribution < 1.29 is 9.22 Å². The van der Waals surface area contributed by atoms with Crippen LogP contribution in [0.4, 0.5) is 0 Å². The molecular weight excluding hydrogens is 384 g/mol. The van der Waals surface area contributed by atoms with Crippen LogP contribution in [-0.2, 0) is 14.6 Å². The quantitative estimate of drug-likeness (QED) is 0.413. The van der Waals surface area contributed by atoms with Gasteiger partial charge in [0.2, 0.25) is 0 Å². The maximum atomic E-state index is 11.8. The van der Waals surface area contributed by atoms with Gasteiger partial charge < -0.3 is 9.22 Å². The molecule has 0 amide bonds. The maximum Gasteiger partial charge on any atom is 0.261 e. The van der Waals surface area contributed by atoms with Gasteiger partial charge in [-0.15, -0.1) is 0 Å². The van der Waals surface area contributed by atoms with Crippen LogP contribution in [0, 0.1) is 5.92 Å². The highest BCUT2D eigenvalue weighted by Crippen LogP contribution is 2.54. The van der Waals surface area contributed by atoms with Crippen molar-refractivity contribution in [2.24, 2.45) is 5.92 Å². The average molecular weight is 415 g/mol. The van der Waals surface area contributed by atoms with E-state index < -0.39 is 8.32 Å². The highest BCUT2D eigenvalue weighted by Gasteiger charge is 2.58. The van der Waals surface area contributed by atoms with Crippen LogP contribution in [0.1, 0.15) is 32.8 Å². The number of carbonyl (C=O) groups is 1. The van der Waals surface area contributed by atoms with E-state index in [1.807, 2.05) is 6.07 Å². The van der Waals surface area contributed by atoms with E-state index >= 15 is 0 Å². The zero-order valence-electron chi connectivity index (χ0n) is 18.0. The van der Waals surface area contributed by atoms with Gasteiger partial charge in [0.05, 0.1) is 0 Å². The molecule has 0 bridgehead atoms. The Morgan fingerprint density at radius 3 is 1.73 bits per heavy atom. The minimum absolute atomic E-state index is 0.0260. The third-order valence-electron chi connectivity index (χ3n) is 6.61. The van der Waals surface area contributed by atoms with Crippen LogP contribution in [0.3, 0.4) is 0 Å². The fourth-order valence-electron chi connectivity index (χ4n) is 4.86. The van der Waals surface area contributed by atoms with Crippen molar-refractivity contribution in [3.63, 3.8) is 0 Å². The molecule has 4 rings (SSSR count). The van der Waals surface area contributed by atoms with E-state index in [1.165, 1.54) is 15.9 Å². The van der Waals surface area contributed by atoms with Gasteiger partial charge in [0, 0.05) is 17.9 Å². The largest absolute Gasteiger partial charge is 0.406 e. The Morgan fingerprint density at radius 1 is 0.867 bits per heavy atom. The van der Waals surface area contributed by atoms with Gasteiger partial charge in [-0.25, -0.2) is 0 Å². The lowest BCUT2D eigenvalue weighted by atomic mass is 9.94. The first-order valence-corrected chi connectivity index (χ1v) is 12.6. The molecule has 3 aromatic carbocycles. The summed E-state index contributed by atoms with van der Waals surface area (Å²) in [6, 6.07) is 31.8. The Labute approximate surface area is 181 Å². The Balaban J connectivity index is 1.80. The van der Waals surface area contributed by atoms with Crippen molar-refractivity contribution in [2.45, 2.75) is 37.6 Å². The van der Waals surface area contributed by atoms with E-state index in [0.717, 1.165) is 12.7 Å². The Bertz CT molecular complexity index is 940. The number of hydrogen-bond donors (Lipinski definition) is 0. The Hall–Kier alpha value is -2.49. The number of carbonyl (C=O) groups excluding carboxylic acids is 1. The van der Waals surface area contributed by atoms with E-state index in [2.05, 4.69) is 106 Å². The minimum Gasteiger partial charge on any atom is -0.406 e. The Morgan fingerprint density at radius 2 is 1.33 bits per heavy atom. The summed E-state index contributed by atoms with van der Waals surface area (Å²) < 4.78 is 7.16. The first-order valence-electron chi connectivity index (χ1n) is 10.7. The van der Waals surface area contributed by atoms with Crippen molar-refractivity contribution in [1.29, 1.82) is 0 Å². The van der Waals surface area contributed by atoms with Crippen LogP contribution in [0.25, 0.3) is 0 Å². The molecule has 2 nitrogen and oxygen atoms in total. The molecular formula is C27H30O2Si. The van der Waals surface area contributed by atoms with Gasteiger partial charge in [0.15, 0.2) is 0 Å². The lowest BCUT2D eigenvalue weighted by Crippen LogP contribution is -2.67. The topological polar surface area (TPSA) is 26.3 Å². The van der Waals surface area contributed by atoms with E-state index in [1.54, 1.807) is 0 Å². The zero-order chi connectivity index (χ0) is 21.2. The van der Waals surface area contributed by atoms with Gasteiger partial charge in [0.1, 0.15) is 6.29 Å². The normalized spacial score (nSPS) is 21.2. The van der Waals surface area contributed by atoms with Crippen LogP contribution in [-0.4, -0.2) is 21.2 Å². The van der Waals surface area contributed by atoms with E-state index in [-0.39, 0.29) is 16.4 Å². The van der Waals surface area contributed by atoms with E-state index in [0.29, 0.717) is 6.61 Å². The standard InChI is InChI=1S/C27H30O2Si/c1-26(2,3)30(24-15-9-5-10-16-24,25-17-11-6-12-18-25)29-21-27(19-23(27)20-28)22-13-7-4-8-14-22/h4-18,20,23H,19,21H2,1-3H3/t23-,27+/m0/s1. The summed E-state index contributed by atoms with van der Waals surface area (Å²) in [5, 5.41) is 2.48.